The van der Waals surface area contributed by atoms with E-state index < -0.39 is 5.91 Å². The fourth-order valence-corrected chi connectivity index (χ4v) is 3.52. The first kappa shape index (κ1) is 15.7. The molecule has 1 aliphatic rings. The van der Waals surface area contributed by atoms with Crippen molar-refractivity contribution in [1.82, 2.24) is 4.57 Å². The van der Waals surface area contributed by atoms with Gasteiger partial charge in [0.25, 0.3) is 5.91 Å². The van der Waals surface area contributed by atoms with E-state index in [1.807, 2.05) is 16.7 Å². The van der Waals surface area contributed by atoms with Crippen molar-refractivity contribution in [1.29, 1.82) is 0 Å². The van der Waals surface area contributed by atoms with Gasteiger partial charge in [-0.1, -0.05) is 23.7 Å². The van der Waals surface area contributed by atoms with Gasteiger partial charge in [0.05, 0.1) is 17.6 Å². The molecule has 25 heavy (non-hydrogen) atoms. The van der Waals surface area contributed by atoms with Gasteiger partial charge in [0.1, 0.15) is 11.3 Å². The number of ether oxygens (including phenoxy) is 1. The molecule has 1 N–H and O–H groups in total. The maximum Gasteiger partial charge on any atom is 0.261 e. The number of aryl methyl sites for hydroxylation is 2. The Balaban J connectivity index is 1.73. The first-order chi connectivity index (χ1) is 12.1. The fraction of sp³-hybridized carbons (Fsp3) is 0.158. The highest BCUT2D eigenvalue weighted by Gasteiger charge is 2.20. The Morgan fingerprint density at radius 1 is 1.28 bits per heavy atom. The highest BCUT2D eigenvalue weighted by atomic mass is 35.5. The van der Waals surface area contributed by atoms with Crippen molar-refractivity contribution in [2.45, 2.75) is 13.0 Å². The van der Waals surface area contributed by atoms with Crippen LogP contribution in [-0.4, -0.2) is 17.6 Å². The van der Waals surface area contributed by atoms with Crippen LogP contribution in [0.25, 0.3) is 10.9 Å². The number of aromatic nitrogens is 1. The summed E-state index contributed by atoms with van der Waals surface area (Å²) in [5, 5.41) is 3.70. The zero-order chi connectivity index (χ0) is 17.6. The van der Waals surface area contributed by atoms with E-state index in [2.05, 4.69) is 5.32 Å². The number of para-hydroxylation sites is 1. The smallest absolute Gasteiger partial charge is 0.261 e. The second kappa shape index (κ2) is 5.93. The SMILES string of the molecule is COc1ccc(NC(=O)c2cn3c4c(cccc4c2=O)CC3)cc1Cl. The van der Waals surface area contributed by atoms with Crippen molar-refractivity contribution in [2.24, 2.45) is 0 Å². The molecule has 1 aliphatic heterocycles. The number of nitrogens with one attached hydrogen (secondary N) is 1. The number of pyridine rings is 1. The summed E-state index contributed by atoms with van der Waals surface area (Å²) in [7, 11) is 1.52. The molecule has 1 aromatic heterocycles. The molecule has 2 heterocycles. The Morgan fingerprint density at radius 2 is 2.12 bits per heavy atom. The molecule has 126 valence electrons. The van der Waals surface area contributed by atoms with Crippen LogP contribution in [0.1, 0.15) is 15.9 Å². The van der Waals surface area contributed by atoms with E-state index in [4.69, 9.17) is 16.3 Å². The summed E-state index contributed by atoms with van der Waals surface area (Å²) in [6.45, 7) is 0.769. The van der Waals surface area contributed by atoms with Gasteiger partial charge in [-0.25, -0.2) is 0 Å². The van der Waals surface area contributed by atoms with Crippen LogP contribution in [0, 0.1) is 0 Å². The highest BCUT2D eigenvalue weighted by molar-refractivity contribution is 6.32. The van der Waals surface area contributed by atoms with E-state index in [9.17, 15) is 9.59 Å². The van der Waals surface area contributed by atoms with E-state index in [-0.39, 0.29) is 11.0 Å². The number of carbonyl (C=O) groups excluding carboxylic acids is 1. The lowest BCUT2D eigenvalue weighted by Crippen LogP contribution is -2.23. The van der Waals surface area contributed by atoms with Crippen molar-refractivity contribution in [3.63, 3.8) is 0 Å². The van der Waals surface area contributed by atoms with Crippen LogP contribution in [0.5, 0.6) is 5.75 Å². The van der Waals surface area contributed by atoms with Gasteiger partial charge < -0.3 is 14.6 Å². The Hall–Kier alpha value is -2.79. The molecule has 3 aromatic rings. The molecular weight excluding hydrogens is 340 g/mol. The number of anilines is 1. The van der Waals surface area contributed by atoms with Gasteiger partial charge in [-0.3, -0.25) is 9.59 Å². The summed E-state index contributed by atoms with van der Waals surface area (Å²) >= 11 is 6.08. The predicted octanol–water partition coefficient (Wildman–Crippen LogP) is 3.47. The fourth-order valence-electron chi connectivity index (χ4n) is 3.26. The van der Waals surface area contributed by atoms with E-state index in [1.165, 1.54) is 7.11 Å². The van der Waals surface area contributed by atoms with E-state index >= 15 is 0 Å². The van der Waals surface area contributed by atoms with Crippen LogP contribution < -0.4 is 15.5 Å². The molecule has 0 saturated carbocycles. The van der Waals surface area contributed by atoms with E-state index in [0.29, 0.717) is 21.8 Å². The molecule has 0 bridgehead atoms. The normalized spacial score (nSPS) is 12.4. The molecule has 6 heteroatoms. The minimum atomic E-state index is -0.450. The molecule has 5 nitrogen and oxygen atoms in total. The molecule has 2 aromatic carbocycles. The molecule has 1 amide bonds. The van der Waals surface area contributed by atoms with Crippen LogP contribution in [0.2, 0.25) is 5.02 Å². The number of nitrogens with zero attached hydrogens (tertiary/aromatic N) is 1. The Morgan fingerprint density at radius 3 is 2.88 bits per heavy atom. The summed E-state index contributed by atoms with van der Waals surface area (Å²) in [4.78, 5) is 25.4. The third-order valence-electron chi connectivity index (χ3n) is 4.46. The molecule has 0 fully saturated rings. The third kappa shape index (κ3) is 2.57. The number of benzene rings is 2. The number of rotatable bonds is 3. The molecule has 0 unspecified atom stereocenters. The maximum absolute atomic E-state index is 12.7. The third-order valence-corrected chi connectivity index (χ3v) is 4.75. The van der Waals surface area contributed by atoms with Gasteiger partial charge in [0.15, 0.2) is 0 Å². The van der Waals surface area contributed by atoms with Crippen molar-refractivity contribution >= 4 is 34.1 Å². The quantitative estimate of drug-likeness (QED) is 0.783. The summed E-state index contributed by atoms with van der Waals surface area (Å²) in [6.07, 6.45) is 2.51. The van der Waals surface area contributed by atoms with Crippen LogP contribution in [0.15, 0.2) is 47.4 Å². The summed E-state index contributed by atoms with van der Waals surface area (Å²) in [6, 6.07) is 10.6. The van der Waals surface area contributed by atoms with Gasteiger partial charge in [-0.05, 0) is 36.2 Å². The summed E-state index contributed by atoms with van der Waals surface area (Å²) in [5.74, 6) is 0.0698. The molecule has 0 saturated heterocycles. The molecule has 0 atom stereocenters. The predicted molar refractivity (Wildman–Crippen MR) is 97.9 cm³/mol. The standard InChI is InChI=1S/C19H15ClN2O3/c1-25-16-6-5-12(9-15(16)20)21-19(24)14-10-22-8-7-11-3-2-4-13(17(11)22)18(14)23/h2-6,9-10H,7-8H2,1H3,(H,21,24). The van der Waals surface area contributed by atoms with Gasteiger partial charge in [0.2, 0.25) is 5.43 Å². The number of methoxy groups -OCH3 is 1. The van der Waals surface area contributed by atoms with E-state index in [1.54, 1.807) is 30.5 Å². The van der Waals surface area contributed by atoms with Crippen molar-refractivity contribution in [3.8, 4) is 5.75 Å². The van der Waals surface area contributed by atoms with Gasteiger partial charge in [-0.2, -0.15) is 0 Å². The number of amides is 1. The lowest BCUT2D eigenvalue weighted by Gasteiger charge is -2.10. The van der Waals surface area contributed by atoms with Crippen molar-refractivity contribution in [2.75, 3.05) is 12.4 Å². The van der Waals surface area contributed by atoms with Crippen LogP contribution in [-0.2, 0) is 13.0 Å². The molecular formula is C19H15ClN2O3. The molecule has 0 radical (unpaired) electrons. The second-order valence-corrected chi connectivity index (χ2v) is 6.34. The summed E-state index contributed by atoms with van der Waals surface area (Å²) < 4.78 is 7.07. The zero-order valence-corrected chi connectivity index (χ0v) is 14.3. The maximum atomic E-state index is 12.7. The topological polar surface area (TPSA) is 60.3 Å². The molecule has 4 rings (SSSR count). The summed E-state index contributed by atoms with van der Waals surface area (Å²) in [5.41, 5.74) is 2.44. The minimum Gasteiger partial charge on any atom is -0.495 e. The van der Waals surface area contributed by atoms with Gasteiger partial charge in [0, 0.05) is 23.8 Å². The number of hydrogen-bond acceptors (Lipinski definition) is 3. The second-order valence-electron chi connectivity index (χ2n) is 5.93. The average Bonchev–Trinajstić information content (AvgIpc) is 3.02. The van der Waals surface area contributed by atoms with Crippen LogP contribution >= 0.6 is 11.6 Å². The lowest BCUT2D eigenvalue weighted by atomic mass is 10.1. The van der Waals surface area contributed by atoms with Crippen LogP contribution in [0.4, 0.5) is 5.69 Å². The monoisotopic (exact) mass is 354 g/mol. The minimum absolute atomic E-state index is 0.124. The molecule has 0 aliphatic carbocycles. The zero-order valence-electron chi connectivity index (χ0n) is 13.5. The Kier molecular flexibility index (Phi) is 3.73. The number of halogens is 1. The average molecular weight is 355 g/mol. The highest BCUT2D eigenvalue weighted by Crippen LogP contribution is 2.28. The van der Waals surface area contributed by atoms with Gasteiger partial charge in [-0.15, -0.1) is 0 Å². The largest absolute Gasteiger partial charge is 0.495 e. The number of carbonyl (C=O) groups is 1. The van der Waals surface area contributed by atoms with Crippen LogP contribution in [0.3, 0.4) is 0 Å². The number of hydrogen-bond donors (Lipinski definition) is 1. The van der Waals surface area contributed by atoms with E-state index in [0.717, 1.165) is 24.0 Å². The van der Waals surface area contributed by atoms with Crippen molar-refractivity contribution < 1.29 is 9.53 Å². The van der Waals surface area contributed by atoms with Gasteiger partial charge >= 0.3 is 0 Å². The molecule has 0 spiro atoms. The first-order valence-corrected chi connectivity index (χ1v) is 8.26. The Labute approximate surface area is 148 Å². The lowest BCUT2D eigenvalue weighted by molar-refractivity contribution is 0.102. The first-order valence-electron chi connectivity index (χ1n) is 7.88. The van der Waals surface area contributed by atoms with Crippen molar-refractivity contribution in [3.05, 3.63) is 69.0 Å². The Bertz CT molecular complexity index is 1070.